The first kappa shape index (κ1) is 24.6. The van der Waals surface area contributed by atoms with Crippen molar-refractivity contribution in [3.63, 3.8) is 0 Å². The Hall–Kier alpha value is -5.04. The van der Waals surface area contributed by atoms with Crippen molar-refractivity contribution in [1.29, 1.82) is 0 Å². The van der Waals surface area contributed by atoms with Crippen molar-refractivity contribution >= 4 is 34.8 Å². The van der Waals surface area contributed by atoms with Gasteiger partial charge >= 0.3 is 5.97 Å². The molecule has 2 N–H and O–H groups in total. The van der Waals surface area contributed by atoms with Gasteiger partial charge in [0.15, 0.2) is 0 Å². The summed E-state index contributed by atoms with van der Waals surface area (Å²) in [7, 11) is 0. The van der Waals surface area contributed by atoms with Crippen LogP contribution in [0.5, 0.6) is 0 Å². The molecule has 38 heavy (non-hydrogen) atoms. The summed E-state index contributed by atoms with van der Waals surface area (Å²) >= 11 is 0. The minimum absolute atomic E-state index is 0.0435. The van der Waals surface area contributed by atoms with E-state index in [2.05, 4.69) is 10.3 Å². The highest BCUT2D eigenvalue weighted by molar-refractivity contribution is 6.24. The maximum atomic E-state index is 13.8. The van der Waals surface area contributed by atoms with Crippen LogP contribution in [0.15, 0.2) is 72.9 Å². The number of nitro groups is 2. The van der Waals surface area contributed by atoms with Crippen LogP contribution >= 0.6 is 0 Å². The van der Waals surface area contributed by atoms with E-state index in [4.69, 9.17) is 0 Å². The van der Waals surface area contributed by atoms with E-state index in [0.29, 0.717) is 11.3 Å². The second-order valence-corrected chi connectivity index (χ2v) is 9.05. The zero-order valence-electron chi connectivity index (χ0n) is 19.5. The van der Waals surface area contributed by atoms with E-state index in [1.807, 2.05) is 0 Å². The lowest BCUT2D eigenvalue weighted by molar-refractivity contribution is -0.385. The van der Waals surface area contributed by atoms with Gasteiger partial charge in [-0.05, 0) is 23.8 Å². The number of benzene rings is 2. The topological polar surface area (TPSA) is 186 Å². The van der Waals surface area contributed by atoms with Gasteiger partial charge in [-0.25, -0.2) is 4.90 Å². The van der Waals surface area contributed by atoms with E-state index in [9.17, 15) is 39.7 Å². The Bertz CT molecular complexity index is 1480. The molecular weight excluding hydrogens is 498 g/mol. The number of nitrogens with one attached hydrogen (secondary N) is 1. The number of nitrogens with zero attached hydrogens (tertiary/aromatic N) is 4. The van der Waals surface area contributed by atoms with E-state index in [-0.39, 0.29) is 23.5 Å². The molecule has 3 heterocycles. The molecule has 2 aliphatic heterocycles. The average molecular weight is 517 g/mol. The number of aliphatic carboxylic acids is 1. The molecule has 4 atom stereocenters. The third-order valence-electron chi connectivity index (χ3n) is 6.97. The second kappa shape index (κ2) is 9.12. The molecule has 13 nitrogen and oxygen atoms in total. The SMILES string of the molecule is O=C1C2C(c3ccccn3)NC(Cc3ccc([N+](=O)[O-])cc3)(C(=O)O)C2C(=O)N1c1cccc([N+](=O)[O-])c1. The van der Waals surface area contributed by atoms with E-state index in [1.54, 1.807) is 18.2 Å². The van der Waals surface area contributed by atoms with E-state index in [0.717, 1.165) is 11.0 Å². The fourth-order valence-corrected chi connectivity index (χ4v) is 5.31. The van der Waals surface area contributed by atoms with Crippen molar-refractivity contribution in [2.24, 2.45) is 11.8 Å². The molecule has 2 aromatic carbocycles. The number of hydrogen-bond acceptors (Lipinski definition) is 9. The second-order valence-electron chi connectivity index (χ2n) is 9.05. The van der Waals surface area contributed by atoms with Crippen molar-refractivity contribution in [2.75, 3.05) is 4.90 Å². The molecule has 0 radical (unpaired) electrons. The van der Waals surface area contributed by atoms with Gasteiger partial charge in [-0.1, -0.05) is 24.3 Å². The largest absolute Gasteiger partial charge is 0.480 e. The maximum Gasteiger partial charge on any atom is 0.325 e. The number of pyridine rings is 1. The van der Waals surface area contributed by atoms with Gasteiger partial charge < -0.3 is 5.11 Å². The summed E-state index contributed by atoms with van der Waals surface area (Å²) in [6, 6.07) is 14.2. The van der Waals surface area contributed by atoms with Crippen molar-refractivity contribution in [3.8, 4) is 0 Å². The normalized spacial score (nSPS) is 24.3. The fourth-order valence-electron chi connectivity index (χ4n) is 5.31. The standard InChI is InChI=1S/C25H19N5O8/c31-22-19-20(23(32)28(22)16-4-3-5-17(12-16)30(37)38)25(24(33)34,27-21(19)18-6-1-2-11-26-18)13-14-7-9-15(10-8-14)29(35)36/h1-12,19-21,27H,13H2,(H,33,34). The number of carbonyl (C=O) groups is 3. The predicted octanol–water partition coefficient (Wildman–Crippen LogP) is 2.41. The van der Waals surface area contributed by atoms with Crippen LogP contribution in [0.2, 0.25) is 0 Å². The third kappa shape index (κ3) is 3.85. The minimum Gasteiger partial charge on any atom is -0.480 e. The van der Waals surface area contributed by atoms with Gasteiger partial charge in [0, 0.05) is 36.9 Å². The van der Waals surface area contributed by atoms with Crippen molar-refractivity contribution in [3.05, 3.63) is 104 Å². The molecular formula is C25H19N5O8. The van der Waals surface area contributed by atoms with Gasteiger partial charge in [-0.3, -0.25) is 44.9 Å². The summed E-state index contributed by atoms with van der Waals surface area (Å²) in [6.07, 6.45) is 1.20. The number of amides is 2. The number of rotatable bonds is 7. The van der Waals surface area contributed by atoms with Crippen molar-refractivity contribution < 1.29 is 29.3 Å². The Morgan fingerprint density at radius 2 is 1.68 bits per heavy atom. The highest BCUT2D eigenvalue weighted by atomic mass is 16.6. The average Bonchev–Trinajstić information content (AvgIpc) is 3.38. The molecule has 2 aliphatic rings. The fraction of sp³-hybridized carbons (Fsp3) is 0.200. The smallest absolute Gasteiger partial charge is 0.325 e. The van der Waals surface area contributed by atoms with Crippen LogP contribution in [-0.2, 0) is 20.8 Å². The van der Waals surface area contributed by atoms with E-state index < -0.39 is 51.0 Å². The monoisotopic (exact) mass is 517 g/mol. The number of hydrogen-bond donors (Lipinski definition) is 2. The number of aromatic nitrogens is 1. The molecule has 0 aliphatic carbocycles. The van der Waals surface area contributed by atoms with Crippen LogP contribution in [0.25, 0.3) is 0 Å². The Morgan fingerprint density at radius 3 is 2.29 bits per heavy atom. The number of carboxylic acid groups (broad SMARTS) is 1. The van der Waals surface area contributed by atoms with Crippen LogP contribution in [0.4, 0.5) is 17.1 Å². The molecule has 0 saturated carbocycles. The summed E-state index contributed by atoms with van der Waals surface area (Å²) in [4.78, 5) is 66.7. The molecule has 1 aromatic heterocycles. The first-order valence-corrected chi connectivity index (χ1v) is 11.4. The summed E-state index contributed by atoms with van der Waals surface area (Å²) in [5.74, 6) is -5.50. The van der Waals surface area contributed by atoms with Gasteiger partial charge in [0.25, 0.3) is 11.4 Å². The molecule has 0 bridgehead atoms. The number of non-ortho nitro benzene ring substituents is 2. The molecule has 2 saturated heterocycles. The molecule has 0 spiro atoms. The lowest BCUT2D eigenvalue weighted by Gasteiger charge is -2.31. The Labute approximate surface area is 214 Å². The van der Waals surface area contributed by atoms with Gasteiger partial charge in [0.1, 0.15) is 5.54 Å². The first-order valence-electron chi connectivity index (χ1n) is 11.4. The van der Waals surface area contributed by atoms with Gasteiger partial charge in [0.05, 0.1) is 39.1 Å². The Balaban J connectivity index is 1.63. The third-order valence-corrected chi connectivity index (χ3v) is 6.97. The predicted molar refractivity (Wildman–Crippen MR) is 130 cm³/mol. The molecule has 13 heteroatoms. The number of carboxylic acids is 1. The molecule has 4 unspecified atom stereocenters. The van der Waals surface area contributed by atoms with Gasteiger partial charge in [-0.2, -0.15) is 0 Å². The Morgan fingerprint density at radius 1 is 0.974 bits per heavy atom. The minimum atomic E-state index is -1.98. The van der Waals surface area contributed by atoms with Crippen LogP contribution in [0, 0.1) is 32.1 Å². The molecule has 192 valence electrons. The summed E-state index contributed by atoms with van der Waals surface area (Å²) < 4.78 is 0. The molecule has 2 fully saturated rings. The van der Waals surface area contributed by atoms with E-state index in [1.165, 1.54) is 48.7 Å². The lowest BCUT2D eigenvalue weighted by atomic mass is 9.76. The molecule has 2 amide bonds. The lowest BCUT2D eigenvalue weighted by Crippen LogP contribution is -2.57. The number of nitro benzene ring substituents is 2. The van der Waals surface area contributed by atoms with Crippen molar-refractivity contribution in [1.82, 2.24) is 10.3 Å². The highest BCUT2D eigenvalue weighted by Crippen LogP contribution is 2.50. The zero-order chi connectivity index (χ0) is 27.2. The van der Waals surface area contributed by atoms with Crippen LogP contribution in [0.3, 0.4) is 0 Å². The van der Waals surface area contributed by atoms with Gasteiger partial charge in [-0.15, -0.1) is 0 Å². The number of fused-ring (bicyclic) bond motifs is 1. The number of anilines is 1. The van der Waals surface area contributed by atoms with Crippen LogP contribution in [0.1, 0.15) is 17.3 Å². The summed E-state index contributed by atoms with van der Waals surface area (Å²) in [5.41, 5.74) is -1.82. The maximum absolute atomic E-state index is 13.8. The van der Waals surface area contributed by atoms with E-state index >= 15 is 0 Å². The first-order chi connectivity index (χ1) is 18.1. The number of imide groups is 1. The quantitative estimate of drug-likeness (QED) is 0.268. The summed E-state index contributed by atoms with van der Waals surface area (Å²) in [5, 5.41) is 35.9. The molecule has 3 aromatic rings. The summed E-state index contributed by atoms with van der Waals surface area (Å²) in [6.45, 7) is 0. The van der Waals surface area contributed by atoms with Crippen LogP contribution in [-0.4, -0.2) is 43.3 Å². The number of carbonyl (C=O) groups excluding carboxylic acids is 2. The Kier molecular flexibility index (Phi) is 5.91. The van der Waals surface area contributed by atoms with Gasteiger partial charge in [0.2, 0.25) is 11.8 Å². The zero-order valence-corrected chi connectivity index (χ0v) is 19.5. The molecule has 5 rings (SSSR count). The highest BCUT2D eigenvalue weighted by Gasteiger charge is 2.69. The van der Waals surface area contributed by atoms with Crippen LogP contribution < -0.4 is 10.2 Å². The van der Waals surface area contributed by atoms with Crippen molar-refractivity contribution in [2.45, 2.75) is 18.0 Å².